The molecule has 100 valence electrons. The summed E-state index contributed by atoms with van der Waals surface area (Å²) in [7, 11) is 3.78. The predicted octanol–water partition coefficient (Wildman–Crippen LogP) is 2.35. The van der Waals surface area contributed by atoms with Crippen LogP contribution >= 0.6 is 0 Å². The van der Waals surface area contributed by atoms with Gasteiger partial charge in [0.15, 0.2) is 0 Å². The fourth-order valence-electron chi connectivity index (χ4n) is 4.14. The average molecular weight is 256 g/mol. The number of piperidine rings is 1. The van der Waals surface area contributed by atoms with Crippen LogP contribution in [-0.4, -0.2) is 31.6 Å². The third-order valence-electron chi connectivity index (χ3n) is 4.86. The monoisotopic (exact) mass is 256 g/mol. The minimum absolute atomic E-state index is 0.0313. The third-order valence-corrected chi connectivity index (χ3v) is 4.86. The van der Waals surface area contributed by atoms with E-state index in [2.05, 4.69) is 37.1 Å². The molecule has 2 bridgehead atoms. The van der Waals surface area contributed by atoms with Crippen LogP contribution in [0.2, 0.25) is 0 Å². The molecule has 3 heteroatoms. The number of methoxy groups -OCH3 is 1. The summed E-state index contributed by atoms with van der Waals surface area (Å²) in [5, 5.41) is 9.55. The highest BCUT2D eigenvalue weighted by Gasteiger charge is 2.48. The minimum atomic E-state index is -0.0493. The normalized spacial score (nSPS) is 33.4. The number of ether oxygens (including phenoxy) is 1. The van der Waals surface area contributed by atoms with Crippen molar-refractivity contribution in [2.75, 3.05) is 20.7 Å². The van der Waals surface area contributed by atoms with Crippen LogP contribution in [0.5, 0.6) is 5.75 Å². The fraction of sp³-hybridized carbons (Fsp3) is 0.562. The van der Waals surface area contributed by atoms with Gasteiger partial charge in [0, 0.05) is 12.0 Å². The first-order valence-electron chi connectivity index (χ1n) is 6.85. The number of nitriles is 1. The lowest BCUT2D eigenvalue weighted by Crippen LogP contribution is -2.56. The zero-order valence-electron chi connectivity index (χ0n) is 11.8. The van der Waals surface area contributed by atoms with Gasteiger partial charge in [0.05, 0.1) is 13.2 Å². The van der Waals surface area contributed by atoms with E-state index in [-0.39, 0.29) is 11.5 Å². The molecule has 2 aliphatic rings. The summed E-state index contributed by atoms with van der Waals surface area (Å²) < 4.78 is 5.33. The van der Waals surface area contributed by atoms with E-state index in [1.54, 1.807) is 7.11 Å². The largest absolute Gasteiger partial charge is 0.497 e. The molecule has 1 fully saturated rings. The molecule has 0 aromatic heterocycles. The molecule has 19 heavy (non-hydrogen) atoms. The molecule has 1 aliphatic carbocycles. The van der Waals surface area contributed by atoms with Gasteiger partial charge in [-0.15, -0.1) is 0 Å². The van der Waals surface area contributed by atoms with Gasteiger partial charge in [0.1, 0.15) is 11.8 Å². The van der Waals surface area contributed by atoms with Gasteiger partial charge in [-0.25, -0.2) is 0 Å². The highest BCUT2D eigenvalue weighted by molar-refractivity contribution is 5.45. The van der Waals surface area contributed by atoms with Crippen LogP contribution in [0.4, 0.5) is 0 Å². The minimum Gasteiger partial charge on any atom is -0.497 e. The molecule has 3 rings (SSSR count). The second-order valence-electron chi connectivity index (χ2n) is 6.19. The molecule has 1 heterocycles. The number of likely N-dealkylation sites (tertiary alicyclic amines) is 1. The second kappa shape index (κ2) is 4.25. The van der Waals surface area contributed by atoms with Gasteiger partial charge in [0.25, 0.3) is 0 Å². The summed E-state index contributed by atoms with van der Waals surface area (Å²) in [6.07, 6.45) is 2.22. The maximum absolute atomic E-state index is 9.55. The lowest BCUT2D eigenvalue weighted by Gasteiger charge is -2.51. The van der Waals surface area contributed by atoms with Gasteiger partial charge in [-0.3, -0.25) is 4.90 Å². The lowest BCUT2D eigenvalue weighted by molar-refractivity contribution is 0.0809. The number of rotatable bonds is 1. The fourth-order valence-corrected chi connectivity index (χ4v) is 4.14. The van der Waals surface area contributed by atoms with Crippen molar-refractivity contribution in [3.05, 3.63) is 29.3 Å². The topological polar surface area (TPSA) is 36.3 Å². The summed E-state index contributed by atoms with van der Waals surface area (Å²) in [5.74, 6) is 1.57. The molecule has 1 aromatic carbocycles. The third kappa shape index (κ3) is 1.74. The first kappa shape index (κ1) is 12.5. The predicted molar refractivity (Wildman–Crippen MR) is 74.2 cm³/mol. The molecule has 0 amide bonds. The van der Waals surface area contributed by atoms with Crippen molar-refractivity contribution >= 4 is 0 Å². The molecular formula is C16H20N2O. The summed E-state index contributed by atoms with van der Waals surface area (Å²) in [4.78, 5) is 2.22. The van der Waals surface area contributed by atoms with E-state index in [0.29, 0.717) is 5.92 Å². The van der Waals surface area contributed by atoms with Crippen LogP contribution in [0.3, 0.4) is 0 Å². The number of nitrogens with zero attached hydrogens (tertiary/aromatic N) is 2. The van der Waals surface area contributed by atoms with Gasteiger partial charge < -0.3 is 4.74 Å². The first-order valence-corrected chi connectivity index (χ1v) is 6.85. The van der Waals surface area contributed by atoms with E-state index in [0.717, 1.165) is 25.1 Å². The maximum Gasteiger partial charge on any atom is 0.119 e. The first-order chi connectivity index (χ1) is 9.08. The summed E-state index contributed by atoms with van der Waals surface area (Å²) >= 11 is 0. The van der Waals surface area contributed by atoms with Crippen LogP contribution in [-0.2, 0) is 11.8 Å². The Morgan fingerprint density at radius 2 is 2.26 bits per heavy atom. The maximum atomic E-state index is 9.55. The second-order valence-corrected chi connectivity index (χ2v) is 6.19. The van der Waals surface area contributed by atoms with E-state index in [9.17, 15) is 5.26 Å². The van der Waals surface area contributed by atoms with E-state index >= 15 is 0 Å². The summed E-state index contributed by atoms with van der Waals surface area (Å²) in [6.45, 7) is 3.26. The molecule has 0 spiro atoms. The van der Waals surface area contributed by atoms with Gasteiger partial charge in [-0.1, -0.05) is 13.0 Å². The van der Waals surface area contributed by atoms with Crippen molar-refractivity contribution in [1.82, 2.24) is 4.90 Å². The molecule has 0 saturated carbocycles. The van der Waals surface area contributed by atoms with Crippen molar-refractivity contribution in [1.29, 1.82) is 5.26 Å². The van der Waals surface area contributed by atoms with Gasteiger partial charge in [-0.2, -0.15) is 5.26 Å². The van der Waals surface area contributed by atoms with Gasteiger partial charge in [-0.05, 0) is 49.1 Å². The zero-order valence-corrected chi connectivity index (χ0v) is 11.8. The van der Waals surface area contributed by atoms with Crippen LogP contribution in [0.25, 0.3) is 0 Å². The molecule has 1 aromatic rings. The van der Waals surface area contributed by atoms with Crippen molar-refractivity contribution < 1.29 is 4.74 Å². The van der Waals surface area contributed by atoms with E-state index in [4.69, 9.17) is 4.74 Å². The van der Waals surface area contributed by atoms with Crippen LogP contribution in [0.15, 0.2) is 18.2 Å². The average Bonchev–Trinajstić information content (AvgIpc) is 2.37. The Labute approximate surface area is 114 Å². The Morgan fingerprint density at radius 3 is 2.95 bits per heavy atom. The number of hydrogen-bond donors (Lipinski definition) is 0. The van der Waals surface area contributed by atoms with Crippen molar-refractivity contribution in [2.24, 2.45) is 5.92 Å². The molecule has 3 nitrogen and oxygen atoms in total. The number of benzene rings is 1. The van der Waals surface area contributed by atoms with Gasteiger partial charge >= 0.3 is 0 Å². The lowest BCUT2D eigenvalue weighted by atomic mass is 9.61. The SMILES string of the molecule is COc1ccc2c(c1)C[C@H]1CN(C)[C@@H](C#N)[C@]2(C)C1. The molecule has 0 unspecified atom stereocenters. The van der Waals surface area contributed by atoms with Crippen LogP contribution in [0.1, 0.15) is 24.5 Å². The standard InChI is InChI=1S/C16H20N2O/c1-16-8-11(10-18(2)15(16)9-17)6-12-7-13(19-3)4-5-14(12)16/h4-5,7,11,15H,6,8,10H2,1-3H3/t11-,15+,16-/m1/s1. The Balaban J connectivity index is 2.13. The number of hydrogen-bond acceptors (Lipinski definition) is 3. The summed E-state index contributed by atoms with van der Waals surface area (Å²) in [5.41, 5.74) is 2.65. The Bertz CT molecular complexity index is 548. The Kier molecular flexibility index (Phi) is 2.79. The van der Waals surface area contributed by atoms with E-state index < -0.39 is 0 Å². The smallest absolute Gasteiger partial charge is 0.119 e. The van der Waals surface area contributed by atoms with E-state index in [1.807, 2.05) is 6.07 Å². The van der Waals surface area contributed by atoms with Gasteiger partial charge in [0.2, 0.25) is 0 Å². The number of fused-ring (bicyclic) bond motifs is 4. The van der Waals surface area contributed by atoms with Crippen molar-refractivity contribution in [2.45, 2.75) is 31.2 Å². The molecule has 1 saturated heterocycles. The van der Waals surface area contributed by atoms with Crippen molar-refractivity contribution in [3.8, 4) is 11.8 Å². The highest BCUT2D eigenvalue weighted by Crippen LogP contribution is 2.47. The van der Waals surface area contributed by atoms with Crippen LogP contribution in [0, 0.1) is 17.2 Å². The summed E-state index contributed by atoms with van der Waals surface area (Å²) in [6, 6.07) is 8.82. The molecule has 0 radical (unpaired) electrons. The van der Waals surface area contributed by atoms with Crippen molar-refractivity contribution in [3.63, 3.8) is 0 Å². The highest BCUT2D eigenvalue weighted by atomic mass is 16.5. The number of likely N-dealkylation sites (N-methyl/N-ethyl adjacent to an activating group) is 1. The molecule has 3 atom stereocenters. The Morgan fingerprint density at radius 1 is 1.47 bits per heavy atom. The molecule has 0 N–H and O–H groups in total. The molecular weight excluding hydrogens is 236 g/mol. The van der Waals surface area contributed by atoms with E-state index in [1.165, 1.54) is 11.1 Å². The zero-order chi connectivity index (χ0) is 13.6. The quantitative estimate of drug-likeness (QED) is 0.774. The molecule has 1 aliphatic heterocycles. The Hall–Kier alpha value is -1.53. The van der Waals surface area contributed by atoms with Crippen LogP contribution < -0.4 is 4.74 Å².